The molecule has 0 rings (SSSR count). The van der Waals surface area contributed by atoms with Crippen LogP contribution in [0.5, 0.6) is 0 Å². The third-order valence-corrected chi connectivity index (χ3v) is 4.48. The zero-order valence-corrected chi connectivity index (χ0v) is 14.1. The quantitative estimate of drug-likeness (QED) is 0.386. The summed E-state index contributed by atoms with van der Waals surface area (Å²) >= 11 is 1.51. The molecule has 0 aliphatic rings. The molecule has 0 fully saturated rings. The molecule has 4 heteroatoms. The van der Waals surface area contributed by atoms with Crippen LogP contribution in [0.4, 0.5) is 0 Å². The van der Waals surface area contributed by atoms with Crippen LogP contribution in [0.15, 0.2) is 0 Å². The molecule has 107 valence electrons. The lowest BCUT2D eigenvalue weighted by atomic mass is 10.1. The van der Waals surface area contributed by atoms with Gasteiger partial charge in [0.2, 0.25) is 9.04 Å². The molecule has 0 unspecified atom stereocenters. The maximum Gasteiger partial charge on any atom is 0.204 e. The molecule has 0 saturated carbocycles. The van der Waals surface area contributed by atoms with Crippen molar-refractivity contribution in [1.82, 2.24) is 0 Å². The average Bonchev–Trinajstić information content (AvgIpc) is 2.33. The fourth-order valence-electron chi connectivity index (χ4n) is 1.61. The van der Waals surface area contributed by atoms with Crippen molar-refractivity contribution in [3.63, 3.8) is 0 Å². The van der Waals surface area contributed by atoms with E-state index in [4.69, 9.17) is 4.43 Å². The first kappa shape index (κ1) is 18.2. The van der Waals surface area contributed by atoms with Gasteiger partial charge in [-0.15, -0.1) is 0 Å². The van der Waals surface area contributed by atoms with Gasteiger partial charge in [0, 0.05) is 18.8 Å². The lowest BCUT2D eigenvalue weighted by Gasteiger charge is -2.05. The maximum absolute atomic E-state index is 11.6. The van der Waals surface area contributed by atoms with Gasteiger partial charge in [0.15, 0.2) is 5.12 Å². The van der Waals surface area contributed by atoms with Crippen LogP contribution in [-0.2, 0) is 9.22 Å². The van der Waals surface area contributed by atoms with E-state index in [-0.39, 0.29) is 0 Å². The van der Waals surface area contributed by atoms with Gasteiger partial charge in [-0.3, -0.25) is 4.79 Å². The average molecular weight is 290 g/mol. The number of unbranched alkanes of at least 4 members (excludes halogenated alkanes) is 5. The van der Waals surface area contributed by atoms with Crippen LogP contribution in [0.1, 0.15) is 58.3 Å². The van der Waals surface area contributed by atoms with Gasteiger partial charge >= 0.3 is 0 Å². The molecule has 0 amide bonds. The van der Waals surface area contributed by atoms with Crippen molar-refractivity contribution in [3.8, 4) is 0 Å². The van der Waals surface area contributed by atoms with Crippen molar-refractivity contribution in [1.29, 1.82) is 0 Å². The molecule has 18 heavy (non-hydrogen) atoms. The molecule has 0 bridgehead atoms. The molecule has 0 aromatic carbocycles. The van der Waals surface area contributed by atoms with E-state index >= 15 is 0 Å². The number of thioether (sulfide) groups is 1. The number of carbonyl (C=O) groups excluding carboxylic acids is 1. The third kappa shape index (κ3) is 14.3. The minimum absolute atomic E-state index is 0.378. The summed E-state index contributed by atoms with van der Waals surface area (Å²) in [4.78, 5) is 11.6. The molecule has 0 aromatic heterocycles. The Morgan fingerprint density at radius 1 is 1.06 bits per heavy atom. The van der Waals surface area contributed by atoms with Crippen LogP contribution in [0.3, 0.4) is 0 Å². The van der Waals surface area contributed by atoms with Crippen molar-refractivity contribution in [2.24, 2.45) is 0 Å². The highest BCUT2D eigenvalue weighted by Gasteiger charge is 2.02. The Bertz CT molecular complexity index is 198. The van der Waals surface area contributed by atoms with E-state index in [1.807, 2.05) is 0 Å². The maximum atomic E-state index is 11.6. The normalized spacial score (nSPS) is 11.1. The van der Waals surface area contributed by atoms with E-state index in [1.165, 1.54) is 37.4 Å². The Labute approximate surface area is 119 Å². The van der Waals surface area contributed by atoms with Crippen LogP contribution in [0.2, 0.25) is 13.1 Å². The summed E-state index contributed by atoms with van der Waals surface area (Å²) in [7, 11) is -0.531. The van der Waals surface area contributed by atoms with Crippen molar-refractivity contribution >= 4 is 25.9 Å². The summed E-state index contributed by atoms with van der Waals surface area (Å²) < 4.78 is 5.56. The highest BCUT2D eigenvalue weighted by Crippen LogP contribution is 2.13. The standard InChI is InChI=1S/C14H29O2SSi/c1-4-5-6-7-8-11-14(15)17-13-10-9-12-16-18(2)3/h4-13H2,1-3H3. The fourth-order valence-corrected chi connectivity index (χ4v) is 3.03. The summed E-state index contributed by atoms with van der Waals surface area (Å²) in [5.74, 6) is 0.965. The first-order valence-electron chi connectivity index (χ1n) is 7.25. The van der Waals surface area contributed by atoms with Gasteiger partial charge < -0.3 is 4.43 Å². The van der Waals surface area contributed by atoms with Crippen molar-refractivity contribution < 1.29 is 9.22 Å². The summed E-state index contributed by atoms with van der Waals surface area (Å²) in [5, 5.41) is 0.378. The molecule has 0 aromatic rings. The molecular formula is C14H29O2SSi. The summed E-state index contributed by atoms with van der Waals surface area (Å²) in [5.41, 5.74) is 0. The molecule has 1 radical (unpaired) electrons. The predicted molar refractivity (Wildman–Crippen MR) is 83.5 cm³/mol. The van der Waals surface area contributed by atoms with Gasteiger partial charge in [0.05, 0.1) is 0 Å². The van der Waals surface area contributed by atoms with Crippen LogP contribution in [0, 0.1) is 0 Å². The van der Waals surface area contributed by atoms with E-state index in [2.05, 4.69) is 20.0 Å². The van der Waals surface area contributed by atoms with Gasteiger partial charge in [0.25, 0.3) is 0 Å². The van der Waals surface area contributed by atoms with Crippen LogP contribution >= 0.6 is 11.8 Å². The minimum Gasteiger partial charge on any atom is -0.417 e. The van der Waals surface area contributed by atoms with Gasteiger partial charge in [-0.25, -0.2) is 0 Å². The molecule has 2 nitrogen and oxygen atoms in total. The minimum atomic E-state index is -0.531. The van der Waals surface area contributed by atoms with Gasteiger partial charge in [-0.1, -0.05) is 44.4 Å². The largest absolute Gasteiger partial charge is 0.417 e. The van der Waals surface area contributed by atoms with Crippen molar-refractivity contribution in [2.75, 3.05) is 12.4 Å². The fraction of sp³-hybridized carbons (Fsp3) is 0.929. The molecule has 0 heterocycles. The van der Waals surface area contributed by atoms with Gasteiger partial charge in [-0.2, -0.15) is 0 Å². The van der Waals surface area contributed by atoms with E-state index < -0.39 is 9.04 Å². The lowest BCUT2D eigenvalue weighted by Crippen LogP contribution is -2.08. The Balaban J connectivity index is 3.17. The molecule has 0 aliphatic heterocycles. The zero-order chi connectivity index (χ0) is 13.6. The predicted octanol–water partition coefficient (Wildman–Crippen LogP) is 4.65. The number of hydrogen-bond acceptors (Lipinski definition) is 3. The van der Waals surface area contributed by atoms with E-state index in [0.717, 1.165) is 38.0 Å². The zero-order valence-electron chi connectivity index (χ0n) is 12.3. The summed E-state index contributed by atoms with van der Waals surface area (Å²) in [6, 6.07) is 0. The second-order valence-corrected chi connectivity index (χ2v) is 8.11. The van der Waals surface area contributed by atoms with Gasteiger partial charge in [0.1, 0.15) is 0 Å². The van der Waals surface area contributed by atoms with E-state index in [1.54, 1.807) is 0 Å². The van der Waals surface area contributed by atoms with Crippen molar-refractivity contribution in [2.45, 2.75) is 71.4 Å². The number of rotatable bonds is 12. The Morgan fingerprint density at radius 3 is 2.44 bits per heavy atom. The van der Waals surface area contributed by atoms with E-state index in [9.17, 15) is 4.79 Å². The molecule has 0 spiro atoms. The second-order valence-electron chi connectivity index (χ2n) is 4.85. The van der Waals surface area contributed by atoms with Crippen LogP contribution < -0.4 is 0 Å². The molecule has 0 N–H and O–H groups in total. The SMILES string of the molecule is CCCCCCCC(=O)SCCCCO[Si](C)C. The Morgan fingerprint density at radius 2 is 1.78 bits per heavy atom. The first-order chi connectivity index (χ1) is 8.66. The van der Waals surface area contributed by atoms with E-state index in [0.29, 0.717) is 5.12 Å². The Kier molecular flexibility index (Phi) is 13.8. The Hall–Kier alpha value is 0.197. The number of hydrogen-bond donors (Lipinski definition) is 0. The van der Waals surface area contributed by atoms with Crippen LogP contribution in [-0.4, -0.2) is 26.5 Å². The molecular weight excluding hydrogens is 260 g/mol. The lowest BCUT2D eigenvalue weighted by molar-refractivity contribution is -0.111. The highest BCUT2D eigenvalue weighted by atomic mass is 32.2. The molecule has 0 saturated heterocycles. The van der Waals surface area contributed by atoms with Crippen molar-refractivity contribution in [3.05, 3.63) is 0 Å². The van der Waals surface area contributed by atoms with Gasteiger partial charge in [-0.05, 0) is 32.4 Å². The summed E-state index contributed by atoms with van der Waals surface area (Å²) in [6.45, 7) is 7.39. The molecule has 0 atom stereocenters. The monoisotopic (exact) mass is 289 g/mol. The topological polar surface area (TPSA) is 26.3 Å². The molecule has 0 aliphatic carbocycles. The second kappa shape index (κ2) is 13.6. The summed E-state index contributed by atoms with van der Waals surface area (Å²) in [6.07, 6.45) is 9.10. The highest BCUT2D eigenvalue weighted by molar-refractivity contribution is 8.13. The smallest absolute Gasteiger partial charge is 0.204 e. The van der Waals surface area contributed by atoms with Crippen LogP contribution in [0.25, 0.3) is 0 Å². The first-order valence-corrected chi connectivity index (χ1v) is 10.6. The third-order valence-electron chi connectivity index (χ3n) is 2.68. The number of carbonyl (C=O) groups is 1.